The quantitative estimate of drug-likeness (QED) is 0.915. The van der Waals surface area contributed by atoms with Crippen LogP contribution in [0.3, 0.4) is 0 Å². The summed E-state index contributed by atoms with van der Waals surface area (Å²) in [6.45, 7) is 4.88. The normalized spacial score (nSPS) is 10.5. The first-order chi connectivity index (χ1) is 9.15. The van der Waals surface area contributed by atoms with Crippen LogP contribution >= 0.6 is 27.5 Å². The Hall–Kier alpha value is -1.20. The third kappa shape index (κ3) is 3.22. The lowest BCUT2D eigenvalue weighted by atomic mass is 10.2. The zero-order valence-corrected chi connectivity index (χ0v) is 13.1. The molecule has 2 heterocycles. The van der Waals surface area contributed by atoms with Crippen LogP contribution < -0.4 is 5.32 Å². The number of anilines is 1. The highest BCUT2D eigenvalue weighted by molar-refractivity contribution is 9.10. The van der Waals surface area contributed by atoms with Crippen LogP contribution in [0.1, 0.15) is 19.5 Å². The first-order valence-corrected chi connectivity index (χ1v) is 7.25. The Kier molecular flexibility index (Phi) is 4.71. The highest BCUT2D eigenvalue weighted by Gasteiger charge is 2.12. The molecule has 2 aromatic heterocycles. The molecular weight excluding hydrogens is 328 g/mol. The van der Waals surface area contributed by atoms with E-state index in [1.165, 1.54) is 0 Å². The van der Waals surface area contributed by atoms with Crippen LogP contribution in [0.4, 0.5) is 5.82 Å². The van der Waals surface area contributed by atoms with Gasteiger partial charge in [0.25, 0.3) is 0 Å². The Morgan fingerprint density at radius 3 is 2.63 bits per heavy atom. The van der Waals surface area contributed by atoms with E-state index in [1.54, 1.807) is 12.3 Å². The van der Waals surface area contributed by atoms with Gasteiger partial charge in [0.1, 0.15) is 11.5 Å². The summed E-state index contributed by atoms with van der Waals surface area (Å²) in [5.41, 5.74) is 1.67. The van der Waals surface area contributed by atoms with E-state index >= 15 is 0 Å². The maximum Gasteiger partial charge on any atom is 0.180 e. The molecule has 0 amide bonds. The Balaban J connectivity index is 2.51. The number of aryl methyl sites for hydroxylation is 1. The molecule has 0 atom stereocenters. The van der Waals surface area contributed by atoms with Crippen LogP contribution in [-0.4, -0.2) is 21.5 Å². The maximum absolute atomic E-state index is 5.84. The van der Waals surface area contributed by atoms with E-state index < -0.39 is 0 Å². The number of nitrogens with one attached hydrogen (secondary N) is 1. The molecule has 0 unspecified atom stereocenters. The van der Waals surface area contributed by atoms with Crippen molar-refractivity contribution >= 4 is 33.3 Å². The highest BCUT2D eigenvalue weighted by Crippen LogP contribution is 2.27. The summed E-state index contributed by atoms with van der Waals surface area (Å²) in [7, 11) is 0. The van der Waals surface area contributed by atoms with Crippen LogP contribution in [0.25, 0.3) is 11.5 Å². The molecule has 0 saturated carbocycles. The minimum absolute atomic E-state index is 0.600. The van der Waals surface area contributed by atoms with E-state index in [4.69, 9.17) is 11.6 Å². The summed E-state index contributed by atoms with van der Waals surface area (Å²) >= 11 is 9.37. The van der Waals surface area contributed by atoms with Gasteiger partial charge in [-0.3, -0.25) is 4.98 Å². The lowest BCUT2D eigenvalue weighted by molar-refractivity contribution is 0.978. The molecule has 2 rings (SSSR count). The summed E-state index contributed by atoms with van der Waals surface area (Å²) in [4.78, 5) is 13.3. The van der Waals surface area contributed by atoms with E-state index in [0.29, 0.717) is 16.5 Å². The second kappa shape index (κ2) is 6.30. The second-order valence-electron chi connectivity index (χ2n) is 3.90. The van der Waals surface area contributed by atoms with Gasteiger partial charge in [-0.1, -0.05) is 18.5 Å². The Morgan fingerprint density at radius 1 is 1.26 bits per heavy atom. The predicted octanol–water partition coefficient (Wildman–Crippen LogP) is 3.95. The van der Waals surface area contributed by atoms with Crippen LogP contribution in [0.5, 0.6) is 0 Å². The SMILES string of the molecule is CCNc1nc(-c2ccc(Cl)cn2)nc(CC)c1Br. The van der Waals surface area contributed by atoms with Crippen LogP contribution in [-0.2, 0) is 6.42 Å². The van der Waals surface area contributed by atoms with Gasteiger partial charge in [-0.05, 0) is 41.4 Å². The Bertz CT molecular complexity index is 572. The molecule has 4 nitrogen and oxygen atoms in total. The van der Waals surface area contributed by atoms with Crippen LogP contribution in [0, 0.1) is 0 Å². The van der Waals surface area contributed by atoms with Gasteiger partial charge in [0.2, 0.25) is 0 Å². The molecule has 0 aliphatic heterocycles. The molecule has 0 radical (unpaired) electrons. The summed E-state index contributed by atoms with van der Waals surface area (Å²) < 4.78 is 0.912. The maximum atomic E-state index is 5.84. The molecule has 0 aliphatic rings. The van der Waals surface area contributed by atoms with Gasteiger partial charge in [0.15, 0.2) is 5.82 Å². The molecule has 0 saturated heterocycles. The monoisotopic (exact) mass is 340 g/mol. The number of halogens is 2. The lowest BCUT2D eigenvalue weighted by Crippen LogP contribution is -2.06. The summed E-state index contributed by atoms with van der Waals surface area (Å²) in [6, 6.07) is 3.61. The van der Waals surface area contributed by atoms with Crippen molar-refractivity contribution < 1.29 is 0 Å². The molecular formula is C13H14BrClN4. The third-order valence-corrected chi connectivity index (χ3v) is 3.61. The molecule has 2 aromatic rings. The van der Waals surface area contributed by atoms with Gasteiger partial charge in [-0.25, -0.2) is 9.97 Å². The van der Waals surface area contributed by atoms with Crippen molar-refractivity contribution in [3.8, 4) is 11.5 Å². The van der Waals surface area contributed by atoms with E-state index in [2.05, 4.69) is 43.1 Å². The minimum atomic E-state index is 0.600. The van der Waals surface area contributed by atoms with Crippen molar-refractivity contribution in [1.29, 1.82) is 0 Å². The molecule has 1 N–H and O–H groups in total. The number of hydrogen-bond acceptors (Lipinski definition) is 4. The molecule has 0 aliphatic carbocycles. The van der Waals surface area contributed by atoms with Gasteiger partial charge in [0.05, 0.1) is 15.2 Å². The van der Waals surface area contributed by atoms with E-state index in [9.17, 15) is 0 Å². The number of rotatable bonds is 4. The zero-order chi connectivity index (χ0) is 13.8. The van der Waals surface area contributed by atoms with Crippen LogP contribution in [0.2, 0.25) is 5.02 Å². The predicted molar refractivity (Wildman–Crippen MR) is 81.5 cm³/mol. The molecule has 0 spiro atoms. The molecule has 0 bridgehead atoms. The van der Waals surface area contributed by atoms with Crippen molar-refractivity contribution in [2.24, 2.45) is 0 Å². The second-order valence-corrected chi connectivity index (χ2v) is 5.13. The fraction of sp³-hybridized carbons (Fsp3) is 0.308. The number of pyridine rings is 1. The van der Waals surface area contributed by atoms with Gasteiger partial charge in [0, 0.05) is 12.7 Å². The van der Waals surface area contributed by atoms with Crippen LogP contribution in [0.15, 0.2) is 22.8 Å². The van der Waals surface area contributed by atoms with Gasteiger partial charge in [-0.2, -0.15) is 0 Å². The minimum Gasteiger partial charge on any atom is -0.369 e. The zero-order valence-electron chi connectivity index (χ0n) is 10.7. The smallest absolute Gasteiger partial charge is 0.180 e. The van der Waals surface area contributed by atoms with Crippen molar-refractivity contribution in [2.75, 3.05) is 11.9 Å². The number of nitrogens with zero attached hydrogens (tertiary/aromatic N) is 3. The fourth-order valence-corrected chi connectivity index (χ4v) is 2.34. The number of aromatic nitrogens is 3. The molecule has 6 heteroatoms. The van der Waals surface area contributed by atoms with E-state index in [0.717, 1.165) is 29.0 Å². The summed E-state index contributed by atoms with van der Waals surface area (Å²) in [5, 5.41) is 3.82. The topological polar surface area (TPSA) is 50.7 Å². The number of hydrogen-bond donors (Lipinski definition) is 1. The first-order valence-electron chi connectivity index (χ1n) is 6.07. The molecule has 100 valence electrons. The standard InChI is InChI=1S/C13H14BrClN4/c1-3-9-11(14)13(16-4-2)19-12(18-9)10-6-5-8(15)7-17-10/h5-7H,3-4H2,1-2H3,(H,16,18,19). The van der Waals surface area contributed by atoms with E-state index in [1.807, 2.05) is 13.0 Å². The fourth-order valence-electron chi connectivity index (χ4n) is 1.64. The summed E-state index contributed by atoms with van der Waals surface area (Å²) in [6.07, 6.45) is 2.42. The van der Waals surface area contributed by atoms with Gasteiger partial charge in [-0.15, -0.1) is 0 Å². The van der Waals surface area contributed by atoms with Gasteiger partial charge >= 0.3 is 0 Å². The third-order valence-electron chi connectivity index (χ3n) is 2.56. The first kappa shape index (κ1) is 14.2. The van der Waals surface area contributed by atoms with Crippen molar-refractivity contribution in [3.05, 3.63) is 33.5 Å². The Labute approximate surface area is 125 Å². The largest absolute Gasteiger partial charge is 0.369 e. The lowest BCUT2D eigenvalue weighted by Gasteiger charge is -2.10. The summed E-state index contributed by atoms with van der Waals surface area (Å²) in [5.74, 6) is 1.40. The molecule has 0 aromatic carbocycles. The van der Waals surface area contributed by atoms with E-state index in [-0.39, 0.29) is 0 Å². The van der Waals surface area contributed by atoms with Gasteiger partial charge < -0.3 is 5.32 Å². The average molecular weight is 342 g/mol. The molecule has 19 heavy (non-hydrogen) atoms. The highest BCUT2D eigenvalue weighted by atomic mass is 79.9. The van der Waals surface area contributed by atoms with Crippen molar-refractivity contribution in [2.45, 2.75) is 20.3 Å². The molecule has 0 fully saturated rings. The Morgan fingerprint density at radius 2 is 2.05 bits per heavy atom. The average Bonchev–Trinajstić information content (AvgIpc) is 2.42. The van der Waals surface area contributed by atoms with Crippen molar-refractivity contribution in [1.82, 2.24) is 15.0 Å². The van der Waals surface area contributed by atoms with Crippen molar-refractivity contribution in [3.63, 3.8) is 0 Å².